The van der Waals surface area contributed by atoms with E-state index >= 15 is 0 Å². The lowest BCUT2D eigenvalue weighted by Gasteiger charge is -2.34. The monoisotopic (exact) mass is 461 g/mol. The Kier molecular flexibility index (Phi) is 6.41. The quantitative estimate of drug-likeness (QED) is 0.592. The number of rotatable bonds is 4. The van der Waals surface area contributed by atoms with Crippen LogP contribution in [-0.4, -0.2) is 74.1 Å². The number of ether oxygens (including phenoxy) is 1. The molecule has 1 aromatic heterocycles. The number of nitrogens with zero attached hydrogens (tertiary/aromatic N) is 3. The Bertz CT molecular complexity index is 1100. The molecular weight excluding hydrogens is 434 g/mol. The van der Waals surface area contributed by atoms with E-state index in [1.807, 2.05) is 64.4 Å². The summed E-state index contributed by atoms with van der Waals surface area (Å²) < 4.78 is 5.53. The molecule has 6 nitrogen and oxygen atoms in total. The molecule has 5 rings (SSSR count). The van der Waals surface area contributed by atoms with E-state index < -0.39 is 0 Å². The summed E-state index contributed by atoms with van der Waals surface area (Å²) in [6, 6.07) is 21.6. The number of anilines is 1. The van der Waals surface area contributed by atoms with Crippen molar-refractivity contribution in [2.45, 2.75) is 0 Å². The van der Waals surface area contributed by atoms with Gasteiger partial charge in [-0.2, -0.15) is 0 Å². The molecule has 33 heavy (non-hydrogen) atoms. The number of amides is 2. The van der Waals surface area contributed by atoms with Gasteiger partial charge in [0.05, 0.1) is 23.1 Å². The summed E-state index contributed by atoms with van der Waals surface area (Å²) >= 11 is 1.57. The molecule has 0 unspecified atom stereocenters. The number of hydrogen-bond donors (Lipinski definition) is 0. The molecule has 2 aliphatic heterocycles. The lowest BCUT2D eigenvalue weighted by Crippen LogP contribution is -2.50. The third-order valence-electron chi connectivity index (χ3n) is 6.18. The molecule has 0 bridgehead atoms. The van der Waals surface area contributed by atoms with E-state index in [2.05, 4.69) is 17.0 Å². The largest absolute Gasteiger partial charge is 0.378 e. The number of piperazine rings is 1. The second-order valence-corrected chi connectivity index (χ2v) is 9.28. The molecule has 0 aliphatic carbocycles. The van der Waals surface area contributed by atoms with Crippen LogP contribution in [0.1, 0.15) is 20.0 Å². The predicted molar refractivity (Wildman–Crippen MR) is 131 cm³/mol. The molecule has 7 heteroatoms. The van der Waals surface area contributed by atoms with Gasteiger partial charge in [-0.3, -0.25) is 9.59 Å². The van der Waals surface area contributed by atoms with Crippen LogP contribution in [0.2, 0.25) is 0 Å². The third kappa shape index (κ3) is 4.65. The van der Waals surface area contributed by atoms with Gasteiger partial charge in [-0.05, 0) is 23.8 Å². The van der Waals surface area contributed by atoms with Gasteiger partial charge in [-0.1, -0.05) is 48.5 Å². The Labute approximate surface area is 198 Å². The van der Waals surface area contributed by atoms with Crippen LogP contribution in [0.25, 0.3) is 11.1 Å². The van der Waals surface area contributed by atoms with Crippen LogP contribution >= 0.6 is 11.3 Å². The second kappa shape index (κ2) is 9.77. The summed E-state index contributed by atoms with van der Waals surface area (Å²) in [6.07, 6.45) is 0. The van der Waals surface area contributed by atoms with E-state index in [1.54, 1.807) is 11.3 Å². The maximum atomic E-state index is 13.4. The molecular formula is C26H27N3O3S. The zero-order valence-corrected chi connectivity index (χ0v) is 19.3. The van der Waals surface area contributed by atoms with Crippen molar-refractivity contribution in [3.05, 3.63) is 77.2 Å². The number of hydrogen-bond acceptors (Lipinski definition) is 5. The standard InChI is InChI=1S/C26H27N3O3S/c30-24(21-9-5-2-6-10-21)27-11-13-28(14-12-27)25(31)23-19-22(20-7-3-1-4-8-20)26(33-23)29-15-17-32-18-16-29/h1-10,19H,11-18H2. The normalized spacial score (nSPS) is 16.7. The zero-order valence-electron chi connectivity index (χ0n) is 18.5. The molecule has 2 aromatic carbocycles. The van der Waals surface area contributed by atoms with Gasteiger partial charge in [0.15, 0.2) is 0 Å². The van der Waals surface area contributed by atoms with Gasteiger partial charge in [0, 0.05) is 50.4 Å². The summed E-state index contributed by atoms with van der Waals surface area (Å²) in [5.74, 6) is 0.0725. The first kappa shape index (κ1) is 21.7. The number of morpholine rings is 1. The molecule has 2 fully saturated rings. The van der Waals surface area contributed by atoms with Crippen LogP contribution in [0.15, 0.2) is 66.7 Å². The molecule has 0 radical (unpaired) electrons. The summed E-state index contributed by atoms with van der Waals surface area (Å²) in [4.78, 5) is 32.9. The Morgan fingerprint density at radius 3 is 1.94 bits per heavy atom. The molecule has 2 aliphatic rings. The molecule has 3 heterocycles. The molecule has 2 saturated heterocycles. The van der Waals surface area contributed by atoms with E-state index in [0.717, 1.165) is 34.1 Å². The lowest BCUT2D eigenvalue weighted by molar-refractivity contribution is 0.0538. The number of thiophene rings is 1. The lowest BCUT2D eigenvalue weighted by atomic mass is 10.1. The van der Waals surface area contributed by atoms with Crippen LogP contribution in [0, 0.1) is 0 Å². The van der Waals surface area contributed by atoms with Gasteiger partial charge in [0.2, 0.25) is 0 Å². The molecule has 3 aromatic rings. The molecule has 170 valence electrons. The predicted octanol–water partition coefficient (Wildman–Crippen LogP) is 3.85. The number of carbonyl (C=O) groups is 2. The molecule has 2 amide bonds. The highest BCUT2D eigenvalue weighted by molar-refractivity contribution is 7.18. The third-order valence-corrected chi connectivity index (χ3v) is 7.37. The minimum atomic E-state index is 0.0276. The highest BCUT2D eigenvalue weighted by Crippen LogP contribution is 2.40. The van der Waals surface area contributed by atoms with Crippen molar-refractivity contribution in [2.75, 3.05) is 57.4 Å². The highest BCUT2D eigenvalue weighted by atomic mass is 32.1. The second-order valence-electron chi connectivity index (χ2n) is 8.25. The number of carbonyl (C=O) groups excluding carboxylic acids is 2. The van der Waals surface area contributed by atoms with Crippen LogP contribution < -0.4 is 4.90 Å². The smallest absolute Gasteiger partial charge is 0.264 e. The topological polar surface area (TPSA) is 53.1 Å². The molecule has 0 spiro atoms. The van der Waals surface area contributed by atoms with E-state index in [4.69, 9.17) is 4.74 Å². The molecule has 0 N–H and O–H groups in total. The van der Waals surface area contributed by atoms with Gasteiger partial charge in [-0.15, -0.1) is 11.3 Å². The zero-order chi connectivity index (χ0) is 22.6. The van der Waals surface area contributed by atoms with Gasteiger partial charge >= 0.3 is 0 Å². The highest BCUT2D eigenvalue weighted by Gasteiger charge is 2.28. The SMILES string of the molecule is O=C(c1ccccc1)N1CCN(C(=O)c2cc(-c3ccccc3)c(N3CCOCC3)s2)CC1. The van der Waals surface area contributed by atoms with Gasteiger partial charge < -0.3 is 19.4 Å². The summed E-state index contributed by atoms with van der Waals surface area (Å²) in [5, 5.41) is 1.13. The van der Waals surface area contributed by atoms with Crippen molar-refractivity contribution in [1.29, 1.82) is 0 Å². The van der Waals surface area contributed by atoms with Crippen LogP contribution in [-0.2, 0) is 4.74 Å². The van der Waals surface area contributed by atoms with Crippen molar-refractivity contribution in [2.24, 2.45) is 0 Å². The van der Waals surface area contributed by atoms with E-state index in [0.29, 0.717) is 45.0 Å². The number of benzene rings is 2. The fourth-order valence-electron chi connectivity index (χ4n) is 4.34. The first-order valence-electron chi connectivity index (χ1n) is 11.4. The molecule has 0 atom stereocenters. The van der Waals surface area contributed by atoms with Crippen LogP contribution in [0.5, 0.6) is 0 Å². The Hall–Kier alpha value is -3.16. The van der Waals surface area contributed by atoms with E-state index in [9.17, 15) is 9.59 Å². The van der Waals surface area contributed by atoms with Crippen molar-refractivity contribution < 1.29 is 14.3 Å². The fourth-order valence-corrected chi connectivity index (χ4v) is 5.54. The minimum Gasteiger partial charge on any atom is -0.378 e. The maximum Gasteiger partial charge on any atom is 0.264 e. The van der Waals surface area contributed by atoms with Gasteiger partial charge in [0.25, 0.3) is 11.8 Å². The Morgan fingerprint density at radius 1 is 0.727 bits per heavy atom. The summed E-state index contributed by atoms with van der Waals surface area (Å²) in [7, 11) is 0. The van der Waals surface area contributed by atoms with Crippen molar-refractivity contribution >= 4 is 28.2 Å². The van der Waals surface area contributed by atoms with Gasteiger partial charge in [0.1, 0.15) is 0 Å². The first-order valence-corrected chi connectivity index (χ1v) is 12.2. The van der Waals surface area contributed by atoms with Crippen LogP contribution in [0.4, 0.5) is 5.00 Å². The first-order chi connectivity index (χ1) is 16.2. The van der Waals surface area contributed by atoms with Crippen LogP contribution in [0.3, 0.4) is 0 Å². The summed E-state index contributed by atoms with van der Waals surface area (Å²) in [6.45, 7) is 5.24. The Morgan fingerprint density at radius 2 is 1.30 bits per heavy atom. The minimum absolute atomic E-state index is 0.0276. The van der Waals surface area contributed by atoms with Crippen molar-refractivity contribution in [3.63, 3.8) is 0 Å². The van der Waals surface area contributed by atoms with Crippen molar-refractivity contribution in [3.8, 4) is 11.1 Å². The van der Waals surface area contributed by atoms with E-state index in [1.165, 1.54) is 0 Å². The average Bonchev–Trinajstić information content (AvgIpc) is 3.35. The van der Waals surface area contributed by atoms with Crippen molar-refractivity contribution in [1.82, 2.24) is 9.80 Å². The molecule has 0 saturated carbocycles. The maximum absolute atomic E-state index is 13.4. The fraction of sp³-hybridized carbons (Fsp3) is 0.308. The summed E-state index contributed by atoms with van der Waals surface area (Å²) in [5.41, 5.74) is 2.91. The average molecular weight is 462 g/mol. The van der Waals surface area contributed by atoms with E-state index in [-0.39, 0.29) is 11.8 Å². The van der Waals surface area contributed by atoms with Gasteiger partial charge in [-0.25, -0.2) is 0 Å². The Balaban J connectivity index is 1.33.